The smallest absolute Gasteiger partial charge is 0.168 e. The lowest BCUT2D eigenvalue weighted by atomic mass is 10.1. The molecule has 0 saturated carbocycles. The topological polar surface area (TPSA) is 17.1 Å². The quantitative estimate of drug-likeness (QED) is 0.708. The summed E-state index contributed by atoms with van der Waals surface area (Å²) in [5, 5.41) is 7.84. The van der Waals surface area contributed by atoms with Gasteiger partial charge in [-0.2, -0.15) is 22.7 Å². The molecule has 0 unspecified atom stereocenters. The van der Waals surface area contributed by atoms with Crippen LogP contribution in [0.1, 0.15) is 15.9 Å². The van der Waals surface area contributed by atoms with Gasteiger partial charge >= 0.3 is 0 Å². The van der Waals surface area contributed by atoms with Gasteiger partial charge in [0.2, 0.25) is 0 Å². The first kappa shape index (κ1) is 8.66. The van der Waals surface area contributed by atoms with Crippen molar-refractivity contribution in [2.24, 2.45) is 0 Å². The fourth-order valence-electron chi connectivity index (χ4n) is 1.10. The van der Waals surface area contributed by atoms with Crippen molar-refractivity contribution in [2.45, 2.75) is 6.42 Å². The summed E-state index contributed by atoms with van der Waals surface area (Å²) in [6.07, 6.45) is 0.528. The Hall–Kier alpha value is -0.930. The highest BCUT2D eigenvalue weighted by atomic mass is 32.1. The molecule has 1 nitrogen and oxygen atoms in total. The summed E-state index contributed by atoms with van der Waals surface area (Å²) in [7, 11) is 0. The van der Waals surface area contributed by atoms with E-state index >= 15 is 0 Å². The zero-order chi connectivity index (χ0) is 9.10. The van der Waals surface area contributed by atoms with Gasteiger partial charge in [0.25, 0.3) is 0 Å². The van der Waals surface area contributed by atoms with Crippen molar-refractivity contribution >= 4 is 28.5 Å². The van der Waals surface area contributed by atoms with E-state index in [0.29, 0.717) is 6.42 Å². The highest BCUT2D eigenvalue weighted by Gasteiger charge is 2.06. The standard InChI is InChI=1S/C10H8OS2/c11-10(9-2-4-13-7-9)5-8-1-3-12-6-8/h1-4,6-7H,5H2. The van der Waals surface area contributed by atoms with Gasteiger partial charge in [0.1, 0.15) is 0 Å². The number of carbonyl (C=O) groups excluding carboxylic acids is 1. The fraction of sp³-hybridized carbons (Fsp3) is 0.100. The highest BCUT2D eigenvalue weighted by molar-refractivity contribution is 7.08. The van der Waals surface area contributed by atoms with Gasteiger partial charge in [-0.1, -0.05) is 0 Å². The van der Waals surface area contributed by atoms with Crippen LogP contribution in [0.3, 0.4) is 0 Å². The van der Waals surface area contributed by atoms with Crippen molar-refractivity contribution in [1.29, 1.82) is 0 Å². The summed E-state index contributed by atoms with van der Waals surface area (Å²) in [4.78, 5) is 11.6. The molecule has 2 rings (SSSR count). The summed E-state index contributed by atoms with van der Waals surface area (Å²) in [5.41, 5.74) is 1.94. The second-order valence-electron chi connectivity index (χ2n) is 2.74. The number of ketones is 1. The number of rotatable bonds is 3. The van der Waals surface area contributed by atoms with E-state index in [1.165, 1.54) is 0 Å². The normalized spacial score (nSPS) is 10.2. The molecule has 0 aromatic carbocycles. The molecule has 0 fully saturated rings. The van der Waals surface area contributed by atoms with E-state index in [2.05, 4.69) is 0 Å². The number of thiophene rings is 2. The van der Waals surface area contributed by atoms with Crippen LogP contribution in [0.25, 0.3) is 0 Å². The molecule has 0 spiro atoms. The minimum Gasteiger partial charge on any atom is -0.294 e. The largest absolute Gasteiger partial charge is 0.294 e. The Morgan fingerprint density at radius 2 is 1.92 bits per heavy atom. The Kier molecular flexibility index (Phi) is 2.57. The second kappa shape index (κ2) is 3.85. The molecule has 0 atom stereocenters. The first-order chi connectivity index (χ1) is 6.36. The highest BCUT2D eigenvalue weighted by Crippen LogP contribution is 2.12. The molecule has 0 N–H and O–H groups in total. The fourth-order valence-corrected chi connectivity index (χ4v) is 2.43. The molecule has 0 aliphatic rings. The Morgan fingerprint density at radius 3 is 2.54 bits per heavy atom. The van der Waals surface area contributed by atoms with E-state index < -0.39 is 0 Å². The van der Waals surface area contributed by atoms with Gasteiger partial charge in [0, 0.05) is 17.4 Å². The molecular weight excluding hydrogens is 200 g/mol. The van der Waals surface area contributed by atoms with Crippen LogP contribution in [-0.4, -0.2) is 5.78 Å². The molecule has 3 heteroatoms. The molecule has 0 bridgehead atoms. The molecule has 0 saturated heterocycles. The van der Waals surface area contributed by atoms with Gasteiger partial charge in [-0.25, -0.2) is 0 Å². The monoisotopic (exact) mass is 208 g/mol. The van der Waals surface area contributed by atoms with Crippen molar-refractivity contribution in [1.82, 2.24) is 0 Å². The maximum Gasteiger partial charge on any atom is 0.168 e. The van der Waals surface area contributed by atoms with Crippen molar-refractivity contribution in [2.75, 3.05) is 0 Å². The predicted molar refractivity (Wildman–Crippen MR) is 56.7 cm³/mol. The predicted octanol–water partition coefficient (Wildman–Crippen LogP) is 3.24. The minimum absolute atomic E-state index is 0.208. The Morgan fingerprint density at radius 1 is 1.15 bits per heavy atom. The van der Waals surface area contributed by atoms with Crippen LogP contribution in [0.4, 0.5) is 0 Å². The number of Topliss-reactive ketones (excluding diaryl/α,β-unsaturated/α-hetero) is 1. The average molecular weight is 208 g/mol. The average Bonchev–Trinajstić information content (AvgIpc) is 2.74. The van der Waals surface area contributed by atoms with E-state index in [0.717, 1.165) is 11.1 Å². The van der Waals surface area contributed by atoms with Crippen molar-refractivity contribution < 1.29 is 4.79 Å². The number of carbonyl (C=O) groups is 1. The summed E-state index contributed by atoms with van der Waals surface area (Å²) < 4.78 is 0. The van der Waals surface area contributed by atoms with Crippen molar-refractivity contribution in [3.8, 4) is 0 Å². The molecule has 2 aromatic heterocycles. The van der Waals surface area contributed by atoms with E-state index in [4.69, 9.17) is 0 Å². The Bertz CT molecular complexity index is 373. The first-order valence-electron chi connectivity index (χ1n) is 3.93. The maximum atomic E-state index is 11.6. The van der Waals surface area contributed by atoms with Gasteiger partial charge in [0.15, 0.2) is 5.78 Å². The SMILES string of the molecule is O=C(Cc1ccsc1)c1ccsc1. The molecule has 2 heterocycles. The van der Waals surface area contributed by atoms with E-state index in [-0.39, 0.29) is 5.78 Å². The van der Waals surface area contributed by atoms with Crippen molar-refractivity contribution in [3.05, 3.63) is 44.8 Å². The Balaban J connectivity index is 2.08. The maximum absolute atomic E-state index is 11.6. The molecule has 13 heavy (non-hydrogen) atoms. The van der Waals surface area contributed by atoms with Gasteiger partial charge in [0.05, 0.1) is 0 Å². The molecular formula is C10H8OS2. The summed E-state index contributed by atoms with van der Waals surface area (Å²) in [6.45, 7) is 0. The first-order valence-corrected chi connectivity index (χ1v) is 5.81. The lowest BCUT2D eigenvalue weighted by Crippen LogP contribution is -2.00. The van der Waals surface area contributed by atoms with Crippen LogP contribution in [-0.2, 0) is 6.42 Å². The zero-order valence-corrected chi connectivity index (χ0v) is 8.53. The zero-order valence-electron chi connectivity index (χ0n) is 6.90. The van der Waals surface area contributed by atoms with E-state index in [1.807, 2.05) is 33.7 Å². The van der Waals surface area contributed by atoms with Gasteiger partial charge in [-0.3, -0.25) is 4.79 Å². The molecule has 0 amide bonds. The van der Waals surface area contributed by atoms with Gasteiger partial charge in [-0.05, 0) is 33.8 Å². The second-order valence-corrected chi connectivity index (χ2v) is 4.30. The molecule has 0 aliphatic carbocycles. The summed E-state index contributed by atoms with van der Waals surface area (Å²) >= 11 is 3.19. The molecule has 0 radical (unpaired) electrons. The third-order valence-electron chi connectivity index (χ3n) is 1.79. The van der Waals surface area contributed by atoms with Crippen molar-refractivity contribution in [3.63, 3.8) is 0 Å². The van der Waals surface area contributed by atoms with Crippen LogP contribution in [0.15, 0.2) is 33.7 Å². The Labute approximate surface area is 84.7 Å². The minimum atomic E-state index is 0.208. The van der Waals surface area contributed by atoms with Crippen LogP contribution in [0, 0.1) is 0 Å². The third-order valence-corrected chi connectivity index (χ3v) is 3.20. The van der Waals surface area contributed by atoms with Gasteiger partial charge < -0.3 is 0 Å². The van der Waals surface area contributed by atoms with Crippen LogP contribution >= 0.6 is 22.7 Å². The summed E-state index contributed by atoms with van der Waals surface area (Å²) in [6, 6.07) is 3.87. The molecule has 2 aromatic rings. The van der Waals surface area contributed by atoms with E-state index in [1.54, 1.807) is 22.7 Å². The van der Waals surface area contributed by atoms with Crippen LogP contribution in [0.2, 0.25) is 0 Å². The van der Waals surface area contributed by atoms with Crippen LogP contribution < -0.4 is 0 Å². The van der Waals surface area contributed by atoms with Gasteiger partial charge in [-0.15, -0.1) is 0 Å². The third kappa shape index (κ3) is 2.05. The van der Waals surface area contributed by atoms with E-state index in [9.17, 15) is 4.79 Å². The van der Waals surface area contributed by atoms with Crippen LogP contribution in [0.5, 0.6) is 0 Å². The lowest BCUT2D eigenvalue weighted by molar-refractivity contribution is 0.0993. The number of hydrogen-bond donors (Lipinski definition) is 0. The molecule has 66 valence electrons. The lowest BCUT2D eigenvalue weighted by Gasteiger charge is -1.93. The number of hydrogen-bond acceptors (Lipinski definition) is 3. The summed E-state index contributed by atoms with van der Waals surface area (Å²) in [5.74, 6) is 0.208. The molecule has 0 aliphatic heterocycles.